The molecule has 0 aromatic carbocycles. The normalized spacial score (nSPS) is 18.1. The average molecular weight is 408 g/mol. The van der Waals surface area contributed by atoms with Gasteiger partial charge in [-0.25, -0.2) is 0 Å². The Bertz CT molecular complexity index is 578. The van der Waals surface area contributed by atoms with Crippen molar-refractivity contribution < 1.29 is 9.47 Å². The molecule has 2 saturated carbocycles. The highest BCUT2D eigenvalue weighted by molar-refractivity contribution is 5.43. The minimum absolute atomic E-state index is 0.441. The van der Waals surface area contributed by atoms with E-state index < -0.39 is 0 Å². The van der Waals surface area contributed by atoms with Crippen LogP contribution in [0.4, 0.5) is 17.8 Å². The molecule has 3 rings (SSSR count). The highest BCUT2D eigenvalue weighted by atomic mass is 16.5. The highest BCUT2D eigenvalue weighted by Crippen LogP contribution is 2.24. The van der Waals surface area contributed by atoms with E-state index in [1.165, 1.54) is 57.8 Å². The van der Waals surface area contributed by atoms with Gasteiger partial charge in [0.2, 0.25) is 17.8 Å². The Kier molecular flexibility index (Phi) is 9.68. The third-order valence-electron chi connectivity index (χ3n) is 5.15. The van der Waals surface area contributed by atoms with Crippen molar-refractivity contribution in [1.29, 1.82) is 0 Å². The van der Waals surface area contributed by atoms with Crippen molar-refractivity contribution >= 4 is 17.8 Å². The SMILES string of the molecule is NCCOCCOCCNc1nc(NC2CCCCCCC2)nc(NC2CC2)n1. The molecule has 1 aromatic rings. The number of aromatic nitrogens is 3. The maximum Gasteiger partial charge on any atom is 0.229 e. The van der Waals surface area contributed by atoms with Gasteiger partial charge in [-0.1, -0.05) is 32.1 Å². The van der Waals surface area contributed by atoms with E-state index in [1.54, 1.807) is 0 Å². The summed E-state index contributed by atoms with van der Waals surface area (Å²) < 4.78 is 10.8. The third-order valence-corrected chi connectivity index (χ3v) is 5.15. The first kappa shape index (κ1) is 22.0. The van der Waals surface area contributed by atoms with Gasteiger partial charge in [-0.15, -0.1) is 0 Å². The first-order valence-corrected chi connectivity index (χ1v) is 11.2. The number of nitrogens with one attached hydrogen (secondary N) is 3. The molecule has 1 heterocycles. The van der Waals surface area contributed by atoms with Crippen LogP contribution in [0.1, 0.15) is 57.8 Å². The summed E-state index contributed by atoms with van der Waals surface area (Å²) >= 11 is 0. The maximum absolute atomic E-state index is 5.55. The van der Waals surface area contributed by atoms with Crippen molar-refractivity contribution in [3.63, 3.8) is 0 Å². The Hall–Kier alpha value is -1.71. The molecule has 5 N–H and O–H groups in total. The zero-order valence-electron chi connectivity index (χ0n) is 17.5. The van der Waals surface area contributed by atoms with Gasteiger partial charge >= 0.3 is 0 Å². The number of anilines is 3. The van der Waals surface area contributed by atoms with E-state index in [1.807, 2.05) is 0 Å². The van der Waals surface area contributed by atoms with Gasteiger partial charge in [0, 0.05) is 25.2 Å². The third kappa shape index (κ3) is 9.10. The molecule has 0 aliphatic heterocycles. The predicted molar refractivity (Wildman–Crippen MR) is 115 cm³/mol. The quantitative estimate of drug-likeness (QED) is 0.365. The molecule has 9 heteroatoms. The molecule has 2 aliphatic rings. The molecule has 0 atom stereocenters. The van der Waals surface area contributed by atoms with Gasteiger partial charge in [-0.05, 0) is 25.7 Å². The largest absolute Gasteiger partial charge is 0.378 e. The Labute approximate surface area is 173 Å². The predicted octanol–water partition coefficient (Wildman–Crippen LogP) is 2.37. The molecule has 0 unspecified atom stereocenters. The fourth-order valence-electron chi connectivity index (χ4n) is 3.42. The van der Waals surface area contributed by atoms with Crippen LogP contribution in [0.3, 0.4) is 0 Å². The fraction of sp³-hybridized carbons (Fsp3) is 0.850. The first-order chi connectivity index (χ1) is 14.3. The monoisotopic (exact) mass is 407 g/mol. The van der Waals surface area contributed by atoms with E-state index >= 15 is 0 Å². The van der Waals surface area contributed by atoms with Crippen LogP contribution in [-0.4, -0.2) is 66.6 Å². The number of ether oxygens (including phenoxy) is 2. The Morgan fingerprint density at radius 2 is 1.24 bits per heavy atom. The zero-order valence-corrected chi connectivity index (χ0v) is 17.5. The van der Waals surface area contributed by atoms with Crippen LogP contribution in [0.25, 0.3) is 0 Å². The molecule has 0 amide bonds. The van der Waals surface area contributed by atoms with Crippen molar-refractivity contribution in [1.82, 2.24) is 15.0 Å². The summed E-state index contributed by atoms with van der Waals surface area (Å²) in [6, 6.07) is 0.938. The van der Waals surface area contributed by atoms with Gasteiger partial charge in [0.1, 0.15) is 0 Å². The zero-order chi connectivity index (χ0) is 20.2. The van der Waals surface area contributed by atoms with Gasteiger partial charge in [-0.2, -0.15) is 15.0 Å². The minimum atomic E-state index is 0.441. The maximum atomic E-state index is 5.55. The second kappa shape index (κ2) is 12.8. The Morgan fingerprint density at radius 1 is 0.690 bits per heavy atom. The summed E-state index contributed by atoms with van der Waals surface area (Å²) in [4.78, 5) is 13.7. The molecular formula is C20H37N7O2. The molecule has 2 fully saturated rings. The lowest BCUT2D eigenvalue weighted by atomic mass is 9.97. The second-order valence-corrected chi connectivity index (χ2v) is 7.85. The van der Waals surface area contributed by atoms with E-state index in [4.69, 9.17) is 15.2 Å². The lowest BCUT2D eigenvalue weighted by Crippen LogP contribution is -2.23. The van der Waals surface area contributed by atoms with Crippen LogP contribution in [0.15, 0.2) is 0 Å². The molecule has 29 heavy (non-hydrogen) atoms. The molecule has 0 radical (unpaired) electrons. The van der Waals surface area contributed by atoms with Crippen LogP contribution in [0.5, 0.6) is 0 Å². The van der Waals surface area contributed by atoms with E-state index in [0.717, 1.165) is 0 Å². The molecule has 0 saturated heterocycles. The molecule has 9 nitrogen and oxygen atoms in total. The first-order valence-electron chi connectivity index (χ1n) is 11.2. The number of hydrogen-bond donors (Lipinski definition) is 4. The summed E-state index contributed by atoms with van der Waals surface area (Å²) in [5, 5.41) is 10.2. The van der Waals surface area contributed by atoms with Crippen molar-refractivity contribution in [3.05, 3.63) is 0 Å². The Balaban J connectivity index is 1.48. The molecule has 0 bridgehead atoms. The van der Waals surface area contributed by atoms with Crippen molar-refractivity contribution in [2.45, 2.75) is 69.9 Å². The molecular weight excluding hydrogens is 370 g/mol. The second-order valence-electron chi connectivity index (χ2n) is 7.85. The highest BCUT2D eigenvalue weighted by Gasteiger charge is 2.23. The summed E-state index contributed by atoms with van der Waals surface area (Å²) in [6.07, 6.45) is 11.3. The van der Waals surface area contributed by atoms with Crippen LogP contribution < -0.4 is 21.7 Å². The Morgan fingerprint density at radius 3 is 1.86 bits per heavy atom. The van der Waals surface area contributed by atoms with Gasteiger partial charge in [0.25, 0.3) is 0 Å². The molecule has 1 aromatic heterocycles. The van der Waals surface area contributed by atoms with Gasteiger partial charge in [0.05, 0.1) is 26.4 Å². The lowest BCUT2D eigenvalue weighted by Gasteiger charge is -2.21. The van der Waals surface area contributed by atoms with Crippen molar-refractivity contribution in [3.8, 4) is 0 Å². The summed E-state index contributed by atoms with van der Waals surface area (Å²) in [6.45, 7) is 3.42. The summed E-state index contributed by atoms with van der Waals surface area (Å²) in [5.74, 6) is 1.89. The average Bonchev–Trinajstić information content (AvgIpc) is 3.50. The molecule has 2 aliphatic carbocycles. The van der Waals surface area contributed by atoms with E-state index in [2.05, 4.69) is 30.9 Å². The standard InChI is InChI=1S/C20H37N7O2/c21-10-12-28-14-15-29-13-11-22-18-25-19(27-20(26-18)24-17-8-9-17)23-16-6-4-2-1-3-5-7-16/h16-17H,1-15,21H2,(H3,22,23,24,25,26,27). The van der Waals surface area contributed by atoms with Crippen LogP contribution >= 0.6 is 0 Å². The van der Waals surface area contributed by atoms with Gasteiger partial charge < -0.3 is 31.2 Å². The minimum Gasteiger partial charge on any atom is -0.378 e. The lowest BCUT2D eigenvalue weighted by molar-refractivity contribution is 0.0547. The number of nitrogens with two attached hydrogens (primary N) is 1. The number of hydrogen-bond acceptors (Lipinski definition) is 9. The van der Waals surface area contributed by atoms with Crippen molar-refractivity contribution in [2.24, 2.45) is 5.73 Å². The van der Waals surface area contributed by atoms with Crippen LogP contribution in [0.2, 0.25) is 0 Å². The smallest absolute Gasteiger partial charge is 0.229 e. The van der Waals surface area contributed by atoms with Crippen LogP contribution in [0, 0.1) is 0 Å². The summed E-state index contributed by atoms with van der Waals surface area (Å²) in [5.41, 5.74) is 5.38. The summed E-state index contributed by atoms with van der Waals surface area (Å²) in [7, 11) is 0. The van der Waals surface area contributed by atoms with Crippen LogP contribution in [-0.2, 0) is 9.47 Å². The van der Waals surface area contributed by atoms with E-state index in [0.29, 0.717) is 69.4 Å². The van der Waals surface area contributed by atoms with E-state index in [-0.39, 0.29) is 0 Å². The van der Waals surface area contributed by atoms with Crippen molar-refractivity contribution in [2.75, 3.05) is 55.5 Å². The molecule has 0 spiro atoms. The van der Waals surface area contributed by atoms with E-state index in [9.17, 15) is 0 Å². The fourth-order valence-corrected chi connectivity index (χ4v) is 3.42. The number of nitrogens with zero attached hydrogens (tertiary/aromatic N) is 3. The topological polar surface area (TPSA) is 119 Å². The van der Waals surface area contributed by atoms with Gasteiger partial charge in [-0.3, -0.25) is 0 Å². The molecule has 164 valence electrons. The van der Waals surface area contributed by atoms with Gasteiger partial charge in [0.15, 0.2) is 0 Å². The number of rotatable bonds is 13.